The molecular weight excluding hydrogens is 432 g/mol. The van der Waals surface area contributed by atoms with E-state index in [1.807, 2.05) is 0 Å². The fourth-order valence-corrected chi connectivity index (χ4v) is 7.75. The van der Waals surface area contributed by atoms with E-state index in [-0.39, 0.29) is 22.8 Å². The molecule has 0 bridgehead atoms. The summed E-state index contributed by atoms with van der Waals surface area (Å²) in [7, 11) is -3.94. The van der Waals surface area contributed by atoms with E-state index in [1.165, 1.54) is 0 Å². The van der Waals surface area contributed by atoms with Gasteiger partial charge >= 0.3 is 6.18 Å². The zero-order chi connectivity index (χ0) is 22.2. The lowest BCUT2D eigenvalue weighted by Gasteiger charge is -2.57. The molecule has 0 saturated carbocycles. The number of halogens is 4. The zero-order valence-corrected chi connectivity index (χ0v) is 18.3. The lowest BCUT2D eigenvalue weighted by molar-refractivity contribution is -0.137. The average molecular weight is 463 g/mol. The Bertz CT molecular complexity index is 857. The molecule has 4 atom stereocenters. The molecule has 31 heavy (non-hydrogen) atoms. The van der Waals surface area contributed by atoms with Crippen LogP contribution in [0.5, 0.6) is 0 Å². The number of hydrogen-bond acceptors (Lipinski definition) is 3. The van der Waals surface area contributed by atoms with E-state index in [2.05, 4.69) is 4.90 Å². The Morgan fingerprint density at radius 2 is 1.68 bits per heavy atom. The quantitative estimate of drug-likeness (QED) is 0.454. The van der Waals surface area contributed by atoms with Crippen molar-refractivity contribution in [2.24, 2.45) is 11.8 Å². The molecule has 0 N–H and O–H groups in total. The second-order valence-corrected chi connectivity index (χ2v) is 11.0. The maximum atomic E-state index is 13.6. The minimum absolute atomic E-state index is 0.0992. The summed E-state index contributed by atoms with van der Waals surface area (Å²) < 4.78 is 80.3. The Kier molecular flexibility index (Phi) is 6.66. The molecule has 174 valence electrons. The zero-order valence-electron chi connectivity index (χ0n) is 17.5. The van der Waals surface area contributed by atoms with Crippen LogP contribution >= 0.6 is 0 Å². The van der Waals surface area contributed by atoms with Crippen molar-refractivity contribution >= 4 is 10.0 Å². The van der Waals surface area contributed by atoms with Crippen LogP contribution in [0.1, 0.15) is 50.5 Å². The van der Waals surface area contributed by atoms with E-state index in [0.717, 1.165) is 63.0 Å². The Morgan fingerprint density at radius 1 is 1.00 bits per heavy atom. The maximum absolute atomic E-state index is 13.6. The van der Waals surface area contributed by atoms with Gasteiger partial charge in [-0.25, -0.2) is 8.42 Å². The summed E-state index contributed by atoms with van der Waals surface area (Å²) in [5.74, 6) is 0.428. The van der Waals surface area contributed by atoms with Gasteiger partial charge in [0, 0.05) is 18.6 Å². The third-order valence-corrected chi connectivity index (χ3v) is 9.20. The van der Waals surface area contributed by atoms with Crippen LogP contribution in [0.4, 0.5) is 17.6 Å². The van der Waals surface area contributed by atoms with Gasteiger partial charge in [0.2, 0.25) is 10.0 Å². The number of hydrogen-bond donors (Lipinski definition) is 0. The number of nitrogens with zero attached hydrogens (tertiary/aromatic N) is 2. The van der Waals surface area contributed by atoms with Crippen molar-refractivity contribution in [2.75, 3.05) is 26.3 Å². The summed E-state index contributed by atoms with van der Waals surface area (Å²) in [5.41, 5.74) is -0.861. The molecule has 3 saturated heterocycles. The van der Waals surface area contributed by atoms with Gasteiger partial charge in [-0.15, -0.1) is 0 Å². The van der Waals surface area contributed by atoms with E-state index in [4.69, 9.17) is 0 Å². The average Bonchev–Trinajstić information content (AvgIpc) is 2.75. The standard InChI is InChI=1S/C22H30F4N2O2S/c23-12-2-1-7-20-19-6-4-14-27-13-3-5-16(21(19)27)15-28(20)31(29,30)18-10-8-17(9-11-18)22(24,25)26/h8-11,16,19-21H,1-7,12-15H2/t16-,19+,20+,21-/m0/s1. The number of benzene rings is 1. The number of sulfonamides is 1. The lowest BCUT2D eigenvalue weighted by atomic mass is 9.70. The van der Waals surface area contributed by atoms with Crippen LogP contribution in [0.15, 0.2) is 29.2 Å². The highest BCUT2D eigenvalue weighted by atomic mass is 32.2. The Labute approximate surface area is 181 Å². The minimum Gasteiger partial charge on any atom is -0.300 e. The highest BCUT2D eigenvalue weighted by molar-refractivity contribution is 7.89. The molecule has 9 heteroatoms. The van der Waals surface area contributed by atoms with Gasteiger partial charge in [-0.1, -0.05) is 0 Å². The minimum atomic E-state index is -4.51. The predicted molar refractivity (Wildman–Crippen MR) is 110 cm³/mol. The van der Waals surface area contributed by atoms with Crippen molar-refractivity contribution in [3.63, 3.8) is 0 Å². The molecule has 0 aliphatic carbocycles. The largest absolute Gasteiger partial charge is 0.416 e. The molecule has 3 fully saturated rings. The number of alkyl halides is 4. The van der Waals surface area contributed by atoms with Crippen LogP contribution in [0.2, 0.25) is 0 Å². The highest BCUT2D eigenvalue weighted by Gasteiger charge is 2.51. The molecular formula is C22H30F4N2O2S. The van der Waals surface area contributed by atoms with Gasteiger partial charge in [-0.2, -0.15) is 17.5 Å². The van der Waals surface area contributed by atoms with Crippen LogP contribution in [-0.2, 0) is 16.2 Å². The Morgan fingerprint density at radius 3 is 2.32 bits per heavy atom. The first-order valence-electron chi connectivity index (χ1n) is 11.2. The van der Waals surface area contributed by atoms with Gasteiger partial charge < -0.3 is 0 Å². The first-order valence-corrected chi connectivity index (χ1v) is 12.7. The van der Waals surface area contributed by atoms with Gasteiger partial charge in [0.05, 0.1) is 17.1 Å². The van der Waals surface area contributed by atoms with Gasteiger partial charge in [-0.05, 0) is 94.1 Å². The Balaban J connectivity index is 1.66. The summed E-state index contributed by atoms with van der Waals surface area (Å²) in [6.45, 7) is 2.05. The number of unbranched alkanes of at least 4 members (excludes halogenated alkanes) is 1. The van der Waals surface area contributed by atoms with E-state index in [1.54, 1.807) is 4.31 Å². The maximum Gasteiger partial charge on any atom is 0.416 e. The van der Waals surface area contributed by atoms with Crippen molar-refractivity contribution in [3.05, 3.63) is 29.8 Å². The van der Waals surface area contributed by atoms with Gasteiger partial charge in [0.25, 0.3) is 0 Å². The van der Waals surface area contributed by atoms with Gasteiger partial charge in [-0.3, -0.25) is 9.29 Å². The Hall–Kier alpha value is -1.19. The third kappa shape index (κ3) is 4.50. The molecule has 1 aromatic carbocycles. The van der Waals surface area contributed by atoms with E-state index >= 15 is 0 Å². The molecule has 0 spiro atoms. The van der Waals surface area contributed by atoms with Crippen LogP contribution in [0.3, 0.4) is 0 Å². The molecule has 0 aromatic heterocycles. The molecule has 3 heterocycles. The van der Waals surface area contributed by atoms with E-state index in [0.29, 0.717) is 31.8 Å². The summed E-state index contributed by atoms with van der Waals surface area (Å²) in [6.07, 6.45) is 1.04. The van der Waals surface area contributed by atoms with Crippen molar-refractivity contribution in [2.45, 2.75) is 68.1 Å². The number of rotatable bonds is 6. The SMILES string of the molecule is O=S(=O)(c1ccc(C(F)(F)F)cc1)N1C[C@@H]2CCCN3CCC[C@@H]([C@H]23)[C@H]1CCCCF. The number of piperidine rings is 3. The first-order chi connectivity index (χ1) is 14.7. The van der Waals surface area contributed by atoms with E-state index in [9.17, 15) is 26.0 Å². The third-order valence-electron chi connectivity index (χ3n) is 7.30. The van der Waals surface area contributed by atoms with Crippen molar-refractivity contribution in [1.29, 1.82) is 0 Å². The van der Waals surface area contributed by atoms with Crippen LogP contribution in [0.25, 0.3) is 0 Å². The summed E-state index contributed by atoms with van der Waals surface area (Å²) in [6, 6.07) is 3.92. The molecule has 3 aliphatic heterocycles. The fourth-order valence-electron chi connectivity index (χ4n) is 5.99. The highest BCUT2D eigenvalue weighted by Crippen LogP contribution is 2.45. The van der Waals surface area contributed by atoms with Crippen LogP contribution < -0.4 is 0 Å². The topological polar surface area (TPSA) is 40.6 Å². The smallest absolute Gasteiger partial charge is 0.300 e. The van der Waals surface area contributed by atoms with Crippen molar-refractivity contribution in [3.8, 4) is 0 Å². The molecule has 0 amide bonds. The summed E-state index contributed by atoms with van der Waals surface area (Å²) in [5, 5.41) is 0. The van der Waals surface area contributed by atoms with Gasteiger partial charge in [0.1, 0.15) is 0 Å². The molecule has 1 aromatic rings. The fraction of sp³-hybridized carbons (Fsp3) is 0.727. The normalized spacial score (nSPS) is 30.2. The van der Waals surface area contributed by atoms with Crippen molar-refractivity contribution in [1.82, 2.24) is 9.21 Å². The monoisotopic (exact) mass is 462 g/mol. The van der Waals surface area contributed by atoms with Crippen LogP contribution in [0, 0.1) is 11.8 Å². The van der Waals surface area contributed by atoms with Gasteiger partial charge in [0.15, 0.2) is 0 Å². The molecule has 4 rings (SSSR count). The lowest BCUT2D eigenvalue weighted by Crippen LogP contribution is -2.65. The van der Waals surface area contributed by atoms with Crippen LogP contribution in [-0.4, -0.2) is 56.0 Å². The summed E-state index contributed by atoms with van der Waals surface area (Å²) >= 11 is 0. The molecule has 0 radical (unpaired) electrons. The predicted octanol–water partition coefficient (Wildman–Crippen LogP) is 4.71. The summed E-state index contributed by atoms with van der Waals surface area (Å²) in [4.78, 5) is 2.41. The van der Waals surface area contributed by atoms with E-state index < -0.39 is 28.4 Å². The second-order valence-electron chi connectivity index (χ2n) is 9.08. The second kappa shape index (κ2) is 8.98. The first kappa shape index (κ1) is 23.0. The molecule has 0 unspecified atom stereocenters. The van der Waals surface area contributed by atoms with Crippen molar-refractivity contribution < 1.29 is 26.0 Å². The molecule has 3 aliphatic rings. The molecule has 4 nitrogen and oxygen atoms in total.